The van der Waals surface area contributed by atoms with Crippen LogP contribution in [0.5, 0.6) is 0 Å². The Morgan fingerprint density at radius 2 is 1.80 bits per heavy atom. The molecule has 0 bridgehead atoms. The van der Waals surface area contributed by atoms with Crippen LogP contribution in [0.4, 0.5) is 21.8 Å². The highest BCUT2D eigenvalue weighted by molar-refractivity contribution is 5.66. The summed E-state index contributed by atoms with van der Waals surface area (Å²) in [5.41, 5.74) is 2.42. The van der Waals surface area contributed by atoms with Gasteiger partial charge in [0.1, 0.15) is 11.6 Å². The maximum atomic E-state index is 13.4. The van der Waals surface area contributed by atoms with E-state index in [4.69, 9.17) is 0 Å². The maximum Gasteiger partial charge on any atom is 0.229 e. The zero-order chi connectivity index (χ0) is 17.6. The molecule has 0 fully saturated rings. The van der Waals surface area contributed by atoms with Gasteiger partial charge < -0.3 is 10.6 Å². The van der Waals surface area contributed by atoms with Crippen LogP contribution in [-0.4, -0.2) is 16.0 Å². The van der Waals surface area contributed by atoms with E-state index in [-0.39, 0.29) is 5.82 Å². The smallest absolute Gasteiger partial charge is 0.229 e. The van der Waals surface area contributed by atoms with Crippen molar-refractivity contribution in [3.05, 3.63) is 66.5 Å². The molecule has 1 aromatic heterocycles. The van der Waals surface area contributed by atoms with E-state index in [1.54, 1.807) is 12.1 Å². The van der Waals surface area contributed by atoms with Gasteiger partial charge >= 0.3 is 0 Å². The summed E-state index contributed by atoms with van der Waals surface area (Å²) in [6, 6.07) is 18.4. The summed E-state index contributed by atoms with van der Waals surface area (Å²) in [5, 5.41) is 6.46. The largest absolute Gasteiger partial charge is 0.367 e. The van der Waals surface area contributed by atoms with E-state index >= 15 is 0 Å². The SMILES string of the molecule is CCC(C)Nc1cc(-c2ccccc2)nc(Nc2cccc(F)c2)n1. The minimum Gasteiger partial charge on any atom is -0.367 e. The first-order valence-electron chi connectivity index (χ1n) is 8.37. The molecular formula is C20H21FN4. The zero-order valence-electron chi connectivity index (χ0n) is 14.3. The Balaban J connectivity index is 1.97. The third-order valence-corrected chi connectivity index (χ3v) is 3.88. The maximum absolute atomic E-state index is 13.4. The fraction of sp³-hybridized carbons (Fsp3) is 0.200. The first-order valence-corrected chi connectivity index (χ1v) is 8.37. The molecular weight excluding hydrogens is 315 g/mol. The molecule has 0 saturated carbocycles. The molecule has 25 heavy (non-hydrogen) atoms. The predicted octanol–water partition coefficient (Wildman–Crippen LogP) is 5.24. The van der Waals surface area contributed by atoms with E-state index in [2.05, 4.69) is 34.4 Å². The molecule has 0 aliphatic carbocycles. The van der Waals surface area contributed by atoms with Crippen LogP contribution in [0, 0.1) is 5.82 Å². The summed E-state index contributed by atoms with van der Waals surface area (Å²) in [6.45, 7) is 4.22. The second-order valence-electron chi connectivity index (χ2n) is 5.92. The molecule has 5 heteroatoms. The minimum absolute atomic E-state index is 0.292. The molecule has 0 radical (unpaired) electrons. The van der Waals surface area contributed by atoms with Crippen molar-refractivity contribution in [1.29, 1.82) is 0 Å². The number of anilines is 3. The van der Waals surface area contributed by atoms with Crippen LogP contribution in [0.3, 0.4) is 0 Å². The number of hydrogen-bond donors (Lipinski definition) is 2. The van der Waals surface area contributed by atoms with Crippen molar-refractivity contribution >= 4 is 17.5 Å². The van der Waals surface area contributed by atoms with E-state index in [9.17, 15) is 4.39 Å². The molecule has 0 saturated heterocycles. The van der Waals surface area contributed by atoms with Crippen LogP contribution >= 0.6 is 0 Å². The number of aromatic nitrogens is 2. The molecule has 128 valence electrons. The Morgan fingerprint density at radius 1 is 1.00 bits per heavy atom. The van der Waals surface area contributed by atoms with Crippen molar-refractivity contribution in [3.8, 4) is 11.3 Å². The quantitative estimate of drug-likeness (QED) is 0.646. The lowest BCUT2D eigenvalue weighted by Gasteiger charge is -2.15. The van der Waals surface area contributed by atoms with E-state index in [0.717, 1.165) is 23.5 Å². The monoisotopic (exact) mass is 336 g/mol. The van der Waals surface area contributed by atoms with Gasteiger partial charge in [-0.05, 0) is 31.5 Å². The van der Waals surface area contributed by atoms with Gasteiger partial charge in [0.2, 0.25) is 5.95 Å². The Bertz CT molecular complexity index is 836. The van der Waals surface area contributed by atoms with Crippen molar-refractivity contribution in [2.75, 3.05) is 10.6 Å². The van der Waals surface area contributed by atoms with Crippen molar-refractivity contribution in [2.24, 2.45) is 0 Å². The molecule has 0 aliphatic heterocycles. The second kappa shape index (κ2) is 7.75. The van der Waals surface area contributed by atoms with Crippen LogP contribution in [0.25, 0.3) is 11.3 Å². The van der Waals surface area contributed by atoms with Crippen LogP contribution < -0.4 is 10.6 Å². The highest BCUT2D eigenvalue weighted by atomic mass is 19.1. The fourth-order valence-corrected chi connectivity index (χ4v) is 2.38. The van der Waals surface area contributed by atoms with Crippen molar-refractivity contribution < 1.29 is 4.39 Å². The van der Waals surface area contributed by atoms with Gasteiger partial charge in [-0.1, -0.05) is 43.3 Å². The summed E-state index contributed by atoms with van der Waals surface area (Å²) in [6.07, 6.45) is 0.983. The van der Waals surface area contributed by atoms with Gasteiger partial charge in [-0.3, -0.25) is 0 Å². The molecule has 0 amide bonds. The van der Waals surface area contributed by atoms with Crippen LogP contribution in [-0.2, 0) is 0 Å². The molecule has 1 unspecified atom stereocenters. The van der Waals surface area contributed by atoms with E-state index in [1.807, 2.05) is 36.4 Å². The third kappa shape index (κ3) is 4.53. The number of hydrogen-bond acceptors (Lipinski definition) is 4. The molecule has 3 rings (SSSR count). The molecule has 0 spiro atoms. The first kappa shape index (κ1) is 16.9. The van der Waals surface area contributed by atoms with Crippen molar-refractivity contribution in [2.45, 2.75) is 26.3 Å². The molecule has 4 nitrogen and oxygen atoms in total. The van der Waals surface area contributed by atoms with Crippen molar-refractivity contribution in [3.63, 3.8) is 0 Å². The topological polar surface area (TPSA) is 49.8 Å². The lowest BCUT2D eigenvalue weighted by molar-refractivity contribution is 0.628. The molecule has 1 heterocycles. The van der Waals surface area contributed by atoms with Gasteiger partial charge in [0.05, 0.1) is 5.69 Å². The molecule has 0 aliphatic rings. The molecule has 2 aromatic carbocycles. The van der Waals surface area contributed by atoms with Gasteiger partial charge in [-0.25, -0.2) is 9.37 Å². The van der Waals surface area contributed by atoms with Crippen LogP contribution in [0.1, 0.15) is 20.3 Å². The van der Waals surface area contributed by atoms with Gasteiger partial charge in [0, 0.05) is 23.4 Å². The normalized spacial score (nSPS) is 11.8. The van der Waals surface area contributed by atoms with E-state index in [1.165, 1.54) is 12.1 Å². The summed E-state index contributed by atoms with van der Waals surface area (Å²) in [5.74, 6) is 0.863. The van der Waals surface area contributed by atoms with Crippen molar-refractivity contribution in [1.82, 2.24) is 9.97 Å². The molecule has 2 N–H and O–H groups in total. The molecule has 1 atom stereocenters. The summed E-state index contributed by atoms with van der Waals surface area (Å²) < 4.78 is 13.4. The Hall–Kier alpha value is -2.95. The predicted molar refractivity (Wildman–Crippen MR) is 101 cm³/mol. The fourth-order valence-electron chi connectivity index (χ4n) is 2.38. The third-order valence-electron chi connectivity index (χ3n) is 3.88. The van der Waals surface area contributed by atoms with E-state index in [0.29, 0.717) is 17.7 Å². The van der Waals surface area contributed by atoms with E-state index < -0.39 is 0 Å². The van der Waals surface area contributed by atoms with Gasteiger partial charge in [0.15, 0.2) is 0 Å². The second-order valence-corrected chi connectivity index (χ2v) is 5.92. The van der Waals surface area contributed by atoms with Gasteiger partial charge in [-0.2, -0.15) is 4.98 Å². The number of halogens is 1. The summed E-state index contributed by atoms with van der Waals surface area (Å²) in [4.78, 5) is 9.09. The number of benzene rings is 2. The lowest BCUT2D eigenvalue weighted by Crippen LogP contribution is -2.15. The highest BCUT2D eigenvalue weighted by Crippen LogP contribution is 2.23. The minimum atomic E-state index is -0.304. The number of rotatable bonds is 6. The van der Waals surface area contributed by atoms with Gasteiger partial charge in [0.25, 0.3) is 0 Å². The Labute approximate surface area is 147 Å². The highest BCUT2D eigenvalue weighted by Gasteiger charge is 2.09. The lowest BCUT2D eigenvalue weighted by atomic mass is 10.1. The number of nitrogens with zero attached hydrogens (tertiary/aromatic N) is 2. The Kier molecular flexibility index (Phi) is 5.23. The average molecular weight is 336 g/mol. The Morgan fingerprint density at radius 3 is 2.52 bits per heavy atom. The summed E-state index contributed by atoms with van der Waals surface area (Å²) >= 11 is 0. The molecule has 3 aromatic rings. The summed E-state index contributed by atoms with van der Waals surface area (Å²) in [7, 11) is 0. The first-order chi connectivity index (χ1) is 12.1. The van der Waals surface area contributed by atoms with Crippen LogP contribution in [0.15, 0.2) is 60.7 Å². The van der Waals surface area contributed by atoms with Gasteiger partial charge in [-0.15, -0.1) is 0 Å². The number of nitrogens with one attached hydrogen (secondary N) is 2. The standard InChI is InChI=1S/C20H21FN4/c1-3-14(2)22-19-13-18(15-8-5-4-6-9-15)24-20(25-19)23-17-11-7-10-16(21)12-17/h4-14H,3H2,1-2H3,(H2,22,23,24,25). The van der Waals surface area contributed by atoms with Crippen LogP contribution in [0.2, 0.25) is 0 Å². The zero-order valence-corrected chi connectivity index (χ0v) is 14.3. The average Bonchev–Trinajstić information content (AvgIpc) is 2.62.